The third kappa shape index (κ3) is 12.8. The first kappa shape index (κ1) is 33.3. The number of likely N-dealkylation sites (tertiary alicyclic amines) is 1. The maximum atomic E-state index is 12.9. The summed E-state index contributed by atoms with van der Waals surface area (Å²) in [6, 6.07) is 9.66. The van der Waals surface area contributed by atoms with E-state index in [0.717, 1.165) is 22.3 Å². The molecular weight excluding hydrogens is 602 g/mol. The van der Waals surface area contributed by atoms with Gasteiger partial charge in [0.1, 0.15) is 0 Å². The third-order valence-corrected chi connectivity index (χ3v) is 5.64. The van der Waals surface area contributed by atoms with Crippen LogP contribution in [0.25, 0.3) is 17.2 Å². The van der Waals surface area contributed by atoms with Crippen molar-refractivity contribution in [3.8, 4) is 11.1 Å². The molecule has 1 saturated carbocycles. The van der Waals surface area contributed by atoms with Crippen LogP contribution in [0.1, 0.15) is 30.0 Å². The lowest BCUT2D eigenvalue weighted by Gasteiger charge is -2.38. The van der Waals surface area contributed by atoms with E-state index >= 15 is 0 Å². The average Bonchev–Trinajstić information content (AvgIpc) is 3.57. The number of benzene rings is 1. The Morgan fingerprint density at radius 1 is 1.00 bits per heavy atom. The minimum absolute atomic E-state index is 0.200. The van der Waals surface area contributed by atoms with Gasteiger partial charge in [0.2, 0.25) is 5.91 Å². The van der Waals surface area contributed by atoms with E-state index in [0.29, 0.717) is 18.3 Å². The Morgan fingerprint density at radius 2 is 1.60 bits per heavy atom. The fraction of sp³-hybridized carbons (Fsp3) is 0.292. The van der Waals surface area contributed by atoms with Crippen LogP contribution in [-0.2, 0) is 20.5 Å². The number of anilines is 1. The molecule has 3 aromatic rings. The Bertz CT molecular complexity index is 1440. The molecule has 3 heterocycles. The van der Waals surface area contributed by atoms with E-state index in [9.17, 15) is 13.6 Å². The number of phosphoric acid groups is 2. The Hall–Kier alpha value is -3.17. The number of rotatable bonds is 7. The zero-order valence-corrected chi connectivity index (χ0v) is 23.6. The Labute approximate surface area is 238 Å². The fourth-order valence-corrected chi connectivity index (χ4v) is 3.84. The number of halogens is 2. The molecule has 228 valence electrons. The quantitative estimate of drug-likeness (QED) is 0.148. The molecular formula is C24H29F2N5O9P2. The van der Waals surface area contributed by atoms with Crippen LogP contribution < -0.4 is 5.32 Å². The van der Waals surface area contributed by atoms with E-state index in [2.05, 4.69) is 15.4 Å². The number of aromatic nitrogens is 3. The van der Waals surface area contributed by atoms with Crippen molar-refractivity contribution in [2.24, 2.45) is 0 Å². The molecule has 14 nitrogen and oxygen atoms in total. The van der Waals surface area contributed by atoms with Gasteiger partial charge in [-0.3, -0.25) is 19.4 Å². The summed E-state index contributed by atoms with van der Waals surface area (Å²) in [5.41, 5.74) is 4.38. The highest BCUT2D eigenvalue weighted by atomic mass is 31.2. The summed E-state index contributed by atoms with van der Waals surface area (Å²) < 4.78 is 45.7. The topological polar surface area (TPSA) is 219 Å². The number of hydrogen-bond donors (Lipinski definition) is 7. The standard InChI is InChI=1S/C24H23F2N5O.2H3O4P/c25-24(26)15-30(16-24)13-17-1-4-20(5-2-17)29-23(32)8-3-18-11-27-10-9-22(18)19-12-28-31(14-19)21-6-7-21;2*1-5(2,3)4/h1-5,8-12,14,21H,6-7,13,15-16H2,(H,29,32);2*(H3,1,2,3,4)/b8-3+;;. The van der Waals surface area contributed by atoms with Gasteiger partial charge in [-0.2, -0.15) is 5.10 Å². The molecule has 7 N–H and O–H groups in total. The second kappa shape index (κ2) is 13.9. The summed E-state index contributed by atoms with van der Waals surface area (Å²) in [5.74, 6) is -2.82. The first-order valence-corrected chi connectivity index (χ1v) is 15.3. The van der Waals surface area contributed by atoms with Crippen molar-refractivity contribution >= 4 is 33.3 Å². The Morgan fingerprint density at radius 3 is 2.14 bits per heavy atom. The van der Waals surface area contributed by atoms with Crippen molar-refractivity contribution in [1.29, 1.82) is 0 Å². The number of nitrogens with one attached hydrogen (secondary N) is 1. The van der Waals surface area contributed by atoms with Gasteiger partial charge in [0.05, 0.1) is 25.3 Å². The zero-order chi connectivity index (χ0) is 31.1. The van der Waals surface area contributed by atoms with Gasteiger partial charge in [-0.05, 0) is 48.2 Å². The van der Waals surface area contributed by atoms with Gasteiger partial charge in [-0.1, -0.05) is 12.1 Å². The first-order chi connectivity index (χ1) is 19.4. The van der Waals surface area contributed by atoms with Crippen molar-refractivity contribution in [2.45, 2.75) is 31.4 Å². The number of carbonyl (C=O) groups excluding carboxylic acids is 1. The fourth-order valence-electron chi connectivity index (χ4n) is 3.84. The molecule has 1 amide bonds. The minimum atomic E-state index is -4.64. The summed E-state index contributed by atoms with van der Waals surface area (Å²) in [4.78, 5) is 61.4. The molecule has 2 aromatic heterocycles. The van der Waals surface area contributed by atoms with Crippen LogP contribution >= 0.6 is 15.6 Å². The maximum Gasteiger partial charge on any atom is 0.466 e. The summed E-state index contributed by atoms with van der Waals surface area (Å²) in [7, 11) is -9.28. The smallest absolute Gasteiger partial charge is 0.323 e. The van der Waals surface area contributed by atoms with Gasteiger partial charge < -0.3 is 34.7 Å². The van der Waals surface area contributed by atoms with Gasteiger partial charge in [0.15, 0.2) is 0 Å². The number of carbonyl (C=O) groups is 1. The molecule has 0 spiro atoms. The van der Waals surface area contributed by atoms with Crippen LogP contribution in [-0.4, -0.2) is 73.9 Å². The summed E-state index contributed by atoms with van der Waals surface area (Å²) in [6.07, 6.45) is 12.9. The van der Waals surface area contributed by atoms with Crippen molar-refractivity contribution < 1.29 is 52.1 Å². The van der Waals surface area contributed by atoms with Crippen LogP contribution in [0.5, 0.6) is 0 Å². The molecule has 2 aliphatic rings. The molecule has 2 fully saturated rings. The summed E-state index contributed by atoms with van der Waals surface area (Å²) in [6.45, 7) is 0.0762. The molecule has 0 bridgehead atoms. The van der Waals surface area contributed by atoms with Crippen LogP contribution in [0.4, 0.5) is 14.5 Å². The van der Waals surface area contributed by atoms with Crippen LogP contribution in [0.3, 0.4) is 0 Å². The monoisotopic (exact) mass is 631 g/mol. The van der Waals surface area contributed by atoms with E-state index in [1.54, 1.807) is 35.5 Å². The second-order valence-corrected chi connectivity index (χ2v) is 11.5. The van der Waals surface area contributed by atoms with E-state index in [-0.39, 0.29) is 19.0 Å². The lowest BCUT2D eigenvalue weighted by atomic mass is 10.0. The minimum Gasteiger partial charge on any atom is -0.323 e. The predicted molar refractivity (Wildman–Crippen MR) is 147 cm³/mol. The SMILES string of the molecule is O=C(/C=C/c1cnccc1-c1cnn(C2CC2)c1)Nc1ccc(CN2CC(F)(F)C2)cc1.O=P(O)(O)O.O=P(O)(O)O. The largest absolute Gasteiger partial charge is 0.466 e. The number of pyridine rings is 1. The second-order valence-electron chi connectivity index (χ2n) is 9.45. The van der Waals surface area contributed by atoms with Crippen LogP contribution in [0, 0.1) is 0 Å². The van der Waals surface area contributed by atoms with Gasteiger partial charge in [0, 0.05) is 48.0 Å². The molecule has 18 heteroatoms. The van der Waals surface area contributed by atoms with Crippen LogP contribution in [0.2, 0.25) is 0 Å². The van der Waals surface area contributed by atoms with Crippen LogP contribution in [0.15, 0.2) is 61.2 Å². The van der Waals surface area contributed by atoms with Crippen molar-refractivity contribution in [3.05, 3.63) is 72.3 Å². The molecule has 0 atom stereocenters. The van der Waals surface area contributed by atoms with Gasteiger partial charge >= 0.3 is 15.6 Å². The average molecular weight is 631 g/mol. The maximum absolute atomic E-state index is 12.9. The number of hydrogen-bond acceptors (Lipinski definition) is 6. The number of alkyl halides is 2. The summed E-state index contributed by atoms with van der Waals surface area (Å²) >= 11 is 0. The summed E-state index contributed by atoms with van der Waals surface area (Å²) in [5, 5.41) is 7.26. The molecule has 0 unspecified atom stereocenters. The lowest BCUT2D eigenvalue weighted by Crippen LogP contribution is -2.55. The highest BCUT2D eigenvalue weighted by molar-refractivity contribution is 7.45. The molecule has 1 aliphatic carbocycles. The third-order valence-electron chi connectivity index (χ3n) is 5.64. The van der Waals surface area contributed by atoms with E-state index in [1.165, 1.54) is 18.9 Å². The highest BCUT2D eigenvalue weighted by Crippen LogP contribution is 2.35. The highest BCUT2D eigenvalue weighted by Gasteiger charge is 2.43. The van der Waals surface area contributed by atoms with Gasteiger partial charge in [0.25, 0.3) is 5.92 Å². The molecule has 42 heavy (non-hydrogen) atoms. The van der Waals surface area contributed by atoms with Gasteiger partial charge in [-0.15, -0.1) is 0 Å². The van der Waals surface area contributed by atoms with Crippen molar-refractivity contribution in [2.75, 3.05) is 18.4 Å². The van der Waals surface area contributed by atoms with E-state index < -0.39 is 21.6 Å². The number of nitrogens with zero attached hydrogens (tertiary/aromatic N) is 4. The predicted octanol–water partition coefficient (Wildman–Crippen LogP) is 2.53. The molecule has 1 aliphatic heterocycles. The molecule has 1 saturated heterocycles. The normalized spacial score (nSPS) is 16.5. The lowest BCUT2D eigenvalue weighted by molar-refractivity contribution is -0.133. The van der Waals surface area contributed by atoms with Crippen molar-refractivity contribution in [1.82, 2.24) is 19.7 Å². The van der Waals surface area contributed by atoms with E-state index in [1.807, 2.05) is 35.3 Å². The Kier molecular flexibility index (Phi) is 11.0. The molecule has 5 rings (SSSR count). The Balaban J connectivity index is 0.000000420. The number of amides is 1. The molecule has 1 aromatic carbocycles. The first-order valence-electron chi connectivity index (χ1n) is 12.2. The van der Waals surface area contributed by atoms with Crippen molar-refractivity contribution in [3.63, 3.8) is 0 Å². The van der Waals surface area contributed by atoms with Gasteiger partial charge in [-0.25, -0.2) is 17.9 Å². The molecule has 0 radical (unpaired) electrons. The zero-order valence-electron chi connectivity index (χ0n) is 21.8. The van der Waals surface area contributed by atoms with E-state index in [4.69, 9.17) is 38.5 Å².